The Morgan fingerprint density at radius 3 is 2.22 bits per heavy atom. The first-order valence-corrected chi connectivity index (χ1v) is 7.98. The zero-order valence-corrected chi connectivity index (χ0v) is 14.5. The standard InChI is InChI=1S/C20H25NO2/c1-13-11-15(3)19(12-14(13)2)16(4)21-20(22)17(5)23-18-9-7-6-8-10-18/h6-12,16-17H,1-5H3,(H,21,22)/t16-,17-/m0/s1. The molecule has 0 unspecified atom stereocenters. The van der Waals surface area contributed by atoms with Crippen molar-refractivity contribution in [1.82, 2.24) is 5.32 Å². The van der Waals surface area contributed by atoms with Gasteiger partial charge in [-0.2, -0.15) is 0 Å². The Bertz CT molecular complexity index is 680. The van der Waals surface area contributed by atoms with Crippen molar-refractivity contribution in [2.75, 3.05) is 0 Å². The molecule has 0 radical (unpaired) electrons. The van der Waals surface area contributed by atoms with E-state index in [1.54, 1.807) is 6.92 Å². The van der Waals surface area contributed by atoms with E-state index in [4.69, 9.17) is 4.74 Å². The lowest BCUT2D eigenvalue weighted by Crippen LogP contribution is -2.38. The Morgan fingerprint density at radius 1 is 0.957 bits per heavy atom. The molecule has 2 rings (SSSR count). The van der Waals surface area contributed by atoms with E-state index in [0.29, 0.717) is 5.75 Å². The van der Waals surface area contributed by atoms with Gasteiger partial charge >= 0.3 is 0 Å². The number of nitrogens with one attached hydrogen (secondary N) is 1. The third-order valence-corrected chi connectivity index (χ3v) is 4.13. The third kappa shape index (κ3) is 4.35. The van der Waals surface area contributed by atoms with E-state index in [2.05, 4.69) is 38.2 Å². The summed E-state index contributed by atoms with van der Waals surface area (Å²) < 4.78 is 5.67. The van der Waals surface area contributed by atoms with Gasteiger partial charge in [-0.05, 0) is 69.0 Å². The summed E-state index contributed by atoms with van der Waals surface area (Å²) in [5.74, 6) is 0.587. The molecule has 1 amide bonds. The maximum Gasteiger partial charge on any atom is 0.261 e. The van der Waals surface area contributed by atoms with E-state index in [1.165, 1.54) is 16.7 Å². The van der Waals surface area contributed by atoms with Crippen molar-refractivity contribution in [2.45, 2.75) is 46.8 Å². The largest absolute Gasteiger partial charge is 0.481 e. The van der Waals surface area contributed by atoms with Crippen LogP contribution in [0.3, 0.4) is 0 Å². The quantitative estimate of drug-likeness (QED) is 0.896. The summed E-state index contributed by atoms with van der Waals surface area (Å²) in [5.41, 5.74) is 4.84. The average Bonchev–Trinajstić information content (AvgIpc) is 2.51. The van der Waals surface area contributed by atoms with Crippen molar-refractivity contribution >= 4 is 5.91 Å². The monoisotopic (exact) mass is 311 g/mol. The molecular formula is C20H25NO2. The van der Waals surface area contributed by atoms with Gasteiger partial charge in [0.15, 0.2) is 6.10 Å². The summed E-state index contributed by atoms with van der Waals surface area (Å²) in [6.07, 6.45) is -0.535. The van der Waals surface area contributed by atoms with Gasteiger partial charge in [0.1, 0.15) is 5.75 Å². The highest BCUT2D eigenvalue weighted by molar-refractivity contribution is 5.81. The minimum Gasteiger partial charge on any atom is -0.481 e. The van der Waals surface area contributed by atoms with E-state index in [1.807, 2.05) is 37.3 Å². The number of rotatable bonds is 5. The Labute approximate surface area is 138 Å². The van der Waals surface area contributed by atoms with Crippen LogP contribution in [0.25, 0.3) is 0 Å². The van der Waals surface area contributed by atoms with E-state index in [-0.39, 0.29) is 11.9 Å². The normalized spacial score (nSPS) is 13.3. The highest BCUT2D eigenvalue weighted by atomic mass is 16.5. The summed E-state index contributed by atoms with van der Waals surface area (Å²) >= 11 is 0. The van der Waals surface area contributed by atoms with Gasteiger partial charge < -0.3 is 10.1 Å². The number of aryl methyl sites for hydroxylation is 3. The van der Waals surface area contributed by atoms with Crippen LogP contribution in [0.2, 0.25) is 0 Å². The van der Waals surface area contributed by atoms with Crippen LogP contribution in [0, 0.1) is 20.8 Å². The van der Waals surface area contributed by atoms with Crippen molar-refractivity contribution < 1.29 is 9.53 Å². The first-order chi connectivity index (χ1) is 10.9. The number of hydrogen-bond donors (Lipinski definition) is 1. The predicted molar refractivity (Wildman–Crippen MR) is 93.7 cm³/mol. The number of amides is 1. The fourth-order valence-electron chi connectivity index (χ4n) is 2.61. The number of carbonyl (C=O) groups excluding carboxylic acids is 1. The van der Waals surface area contributed by atoms with Crippen molar-refractivity contribution in [3.05, 3.63) is 64.7 Å². The SMILES string of the molecule is Cc1cc(C)c([C@H](C)NC(=O)[C@H](C)Oc2ccccc2)cc1C. The molecule has 0 aromatic heterocycles. The molecule has 1 N–H and O–H groups in total. The van der Waals surface area contributed by atoms with Gasteiger partial charge in [0, 0.05) is 0 Å². The molecule has 122 valence electrons. The highest BCUT2D eigenvalue weighted by Gasteiger charge is 2.19. The summed E-state index contributed by atoms with van der Waals surface area (Å²) in [7, 11) is 0. The molecule has 0 aliphatic carbocycles. The van der Waals surface area contributed by atoms with Crippen LogP contribution in [0.4, 0.5) is 0 Å². The lowest BCUT2D eigenvalue weighted by atomic mass is 9.96. The van der Waals surface area contributed by atoms with E-state index < -0.39 is 6.10 Å². The molecule has 0 heterocycles. The minimum absolute atomic E-state index is 0.0522. The lowest BCUT2D eigenvalue weighted by Gasteiger charge is -2.21. The van der Waals surface area contributed by atoms with Crippen molar-refractivity contribution in [3.63, 3.8) is 0 Å². The first kappa shape index (κ1) is 17.1. The first-order valence-electron chi connectivity index (χ1n) is 7.98. The second-order valence-electron chi connectivity index (χ2n) is 6.10. The van der Waals surface area contributed by atoms with Gasteiger partial charge in [-0.25, -0.2) is 0 Å². The molecule has 2 aromatic carbocycles. The Hall–Kier alpha value is -2.29. The van der Waals surface area contributed by atoms with Gasteiger partial charge in [0.25, 0.3) is 5.91 Å². The molecule has 23 heavy (non-hydrogen) atoms. The number of hydrogen-bond acceptors (Lipinski definition) is 2. The van der Waals surface area contributed by atoms with Crippen molar-refractivity contribution in [3.8, 4) is 5.75 Å². The third-order valence-electron chi connectivity index (χ3n) is 4.13. The second kappa shape index (κ2) is 7.32. The van der Waals surface area contributed by atoms with E-state index in [9.17, 15) is 4.79 Å². The summed E-state index contributed by atoms with van der Waals surface area (Å²) in [4.78, 5) is 12.4. The van der Waals surface area contributed by atoms with Gasteiger partial charge in [-0.15, -0.1) is 0 Å². The Morgan fingerprint density at radius 2 is 1.57 bits per heavy atom. The van der Waals surface area contributed by atoms with Crippen molar-refractivity contribution in [2.24, 2.45) is 0 Å². The minimum atomic E-state index is -0.535. The molecule has 0 fully saturated rings. The highest BCUT2D eigenvalue weighted by Crippen LogP contribution is 2.22. The van der Waals surface area contributed by atoms with Gasteiger partial charge in [0.2, 0.25) is 0 Å². The van der Waals surface area contributed by atoms with E-state index >= 15 is 0 Å². The second-order valence-corrected chi connectivity index (χ2v) is 6.10. The molecule has 3 heteroatoms. The smallest absolute Gasteiger partial charge is 0.261 e. The van der Waals surface area contributed by atoms with Crippen LogP contribution in [0.15, 0.2) is 42.5 Å². The number of benzene rings is 2. The average molecular weight is 311 g/mol. The predicted octanol–water partition coefficient (Wildman–Crippen LogP) is 4.26. The van der Waals surface area contributed by atoms with Gasteiger partial charge in [0.05, 0.1) is 6.04 Å². The summed E-state index contributed by atoms with van der Waals surface area (Å²) in [6.45, 7) is 10.0. The molecule has 0 saturated carbocycles. The maximum absolute atomic E-state index is 12.4. The molecule has 2 atom stereocenters. The van der Waals surface area contributed by atoms with Gasteiger partial charge in [-0.3, -0.25) is 4.79 Å². The van der Waals surface area contributed by atoms with Crippen LogP contribution in [0.5, 0.6) is 5.75 Å². The fraction of sp³-hybridized carbons (Fsp3) is 0.350. The van der Waals surface area contributed by atoms with E-state index in [0.717, 1.165) is 5.56 Å². The molecule has 0 aliphatic heterocycles. The number of para-hydroxylation sites is 1. The van der Waals surface area contributed by atoms with Crippen LogP contribution in [-0.4, -0.2) is 12.0 Å². The molecule has 0 spiro atoms. The molecule has 0 bridgehead atoms. The van der Waals surface area contributed by atoms with Crippen LogP contribution in [-0.2, 0) is 4.79 Å². The molecule has 0 saturated heterocycles. The lowest BCUT2D eigenvalue weighted by molar-refractivity contribution is -0.127. The molecule has 0 aliphatic rings. The van der Waals surface area contributed by atoms with Crippen LogP contribution < -0.4 is 10.1 Å². The molecule has 2 aromatic rings. The van der Waals surface area contributed by atoms with Crippen LogP contribution >= 0.6 is 0 Å². The Kier molecular flexibility index (Phi) is 5.43. The van der Waals surface area contributed by atoms with Crippen molar-refractivity contribution in [1.29, 1.82) is 0 Å². The zero-order chi connectivity index (χ0) is 17.0. The fourth-order valence-corrected chi connectivity index (χ4v) is 2.61. The maximum atomic E-state index is 12.4. The zero-order valence-electron chi connectivity index (χ0n) is 14.5. The molecule has 3 nitrogen and oxygen atoms in total. The molecular weight excluding hydrogens is 286 g/mol. The summed E-state index contributed by atoms with van der Waals surface area (Å²) in [6, 6.07) is 13.7. The Balaban J connectivity index is 2.03. The van der Waals surface area contributed by atoms with Crippen LogP contribution in [0.1, 0.15) is 42.1 Å². The van der Waals surface area contributed by atoms with Gasteiger partial charge in [-0.1, -0.05) is 30.3 Å². The topological polar surface area (TPSA) is 38.3 Å². The number of carbonyl (C=O) groups is 1. The summed E-state index contributed by atoms with van der Waals surface area (Å²) in [5, 5.41) is 3.04. The number of ether oxygens (including phenoxy) is 1.